The quantitative estimate of drug-likeness (QED) is 0.741. The van der Waals surface area contributed by atoms with Crippen LogP contribution >= 0.6 is 0 Å². The van der Waals surface area contributed by atoms with Crippen LogP contribution in [0.1, 0.15) is 5.69 Å². The fraction of sp³-hybridized carbons (Fsp3) is 0.417. The highest BCUT2D eigenvalue weighted by Crippen LogP contribution is 2.11. The van der Waals surface area contributed by atoms with Crippen molar-refractivity contribution in [2.24, 2.45) is 0 Å². The Balaban J connectivity index is 1.89. The van der Waals surface area contributed by atoms with Crippen molar-refractivity contribution < 1.29 is 0 Å². The lowest BCUT2D eigenvalue weighted by Gasteiger charge is -2.09. The highest BCUT2D eigenvalue weighted by Gasteiger charge is 2.00. The Bertz CT molecular complexity index is 414. The van der Waals surface area contributed by atoms with E-state index in [0.29, 0.717) is 0 Å². The summed E-state index contributed by atoms with van der Waals surface area (Å²) in [5.41, 5.74) is 2.15. The lowest BCUT2D eigenvalue weighted by molar-refractivity contribution is 0.399. The first-order valence-electron chi connectivity index (χ1n) is 5.54. The maximum absolute atomic E-state index is 4.27. The van der Waals surface area contributed by atoms with Gasteiger partial charge < -0.3 is 15.2 Å². The highest BCUT2D eigenvalue weighted by molar-refractivity contribution is 5.76. The lowest BCUT2D eigenvalue weighted by atomic mass is 10.3. The fourth-order valence-corrected chi connectivity index (χ4v) is 1.64. The van der Waals surface area contributed by atoms with Gasteiger partial charge in [0.25, 0.3) is 0 Å². The van der Waals surface area contributed by atoms with Crippen molar-refractivity contribution in [1.82, 2.24) is 20.2 Å². The molecule has 2 aromatic rings. The summed E-state index contributed by atoms with van der Waals surface area (Å²) in [6.07, 6.45) is 1.81. The summed E-state index contributed by atoms with van der Waals surface area (Å²) in [7, 11) is 4.16. The molecule has 4 nitrogen and oxygen atoms in total. The van der Waals surface area contributed by atoms with Gasteiger partial charge in [-0.3, -0.25) is 0 Å². The highest BCUT2D eigenvalue weighted by atomic mass is 15.1. The second-order valence-electron chi connectivity index (χ2n) is 4.22. The van der Waals surface area contributed by atoms with E-state index in [9.17, 15) is 0 Å². The summed E-state index contributed by atoms with van der Waals surface area (Å²) >= 11 is 0. The van der Waals surface area contributed by atoms with Crippen LogP contribution in [0.3, 0.4) is 0 Å². The maximum atomic E-state index is 4.27. The van der Waals surface area contributed by atoms with Crippen molar-refractivity contribution in [3.8, 4) is 0 Å². The van der Waals surface area contributed by atoms with Crippen molar-refractivity contribution >= 4 is 11.0 Å². The summed E-state index contributed by atoms with van der Waals surface area (Å²) in [6.45, 7) is 2.92. The van der Waals surface area contributed by atoms with E-state index in [0.717, 1.165) is 25.3 Å². The Morgan fingerprint density at radius 3 is 3.06 bits per heavy atom. The number of H-pyrrole nitrogens is 1. The number of nitrogens with zero attached hydrogens (tertiary/aromatic N) is 2. The number of aromatic nitrogens is 2. The molecule has 2 aromatic heterocycles. The Labute approximate surface area is 95.7 Å². The monoisotopic (exact) mass is 218 g/mol. The average molecular weight is 218 g/mol. The van der Waals surface area contributed by atoms with E-state index < -0.39 is 0 Å². The standard InChI is InChI=1S/C12H18N4/c1-16(2)7-6-13-9-11-8-10-4-3-5-14-12(10)15-11/h3-5,8,13H,6-7,9H2,1-2H3,(H,14,15). The molecule has 2 heterocycles. The molecule has 0 aliphatic heterocycles. The molecule has 0 spiro atoms. The van der Waals surface area contributed by atoms with Gasteiger partial charge in [0, 0.05) is 36.9 Å². The minimum Gasteiger partial charge on any atom is -0.342 e. The fourth-order valence-electron chi connectivity index (χ4n) is 1.64. The molecule has 16 heavy (non-hydrogen) atoms. The average Bonchev–Trinajstić information content (AvgIpc) is 2.66. The Morgan fingerprint density at radius 2 is 2.31 bits per heavy atom. The van der Waals surface area contributed by atoms with Crippen LogP contribution in [0, 0.1) is 0 Å². The second kappa shape index (κ2) is 5.09. The SMILES string of the molecule is CN(C)CCNCc1cc2cccnc2[nH]1. The van der Waals surface area contributed by atoms with Gasteiger partial charge in [0.2, 0.25) is 0 Å². The summed E-state index contributed by atoms with van der Waals surface area (Å²) in [6, 6.07) is 6.17. The molecule has 0 saturated carbocycles. The van der Waals surface area contributed by atoms with E-state index >= 15 is 0 Å². The van der Waals surface area contributed by atoms with Gasteiger partial charge in [-0.15, -0.1) is 0 Å². The van der Waals surface area contributed by atoms with Crippen molar-refractivity contribution in [1.29, 1.82) is 0 Å². The molecule has 0 amide bonds. The lowest BCUT2D eigenvalue weighted by Crippen LogP contribution is -2.26. The van der Waals surface area contributed by atoms with Gasteiger partial charge in [0.1, 0.15) is 5.65 Å². The van der Waals surface area contributed by atoms with Crippen LogP contribution in [0.4, 0.5) is 0 Å². The van der Waals surface area contributed by atoms with Crippen LogP contribution < -0.4 is 5.32 Å². The molecule has 86 valence electrons. The zero-order valence-electron chi connectivity index (χ0n) is 9.83. The summed E-state index contributed by atoms with van der Waals surface area (Å²) in [5, 5.41) is 4.57. The van der Waals surface area contributed by atoms with Crippen molar-refractivity contribution in [3.05, 3.63) is 30.1 Å². The molecule has 0 bridgehead atoms. The minimum absolute atomic E-state index is 0.865. The third-order valence-corrected chi connectivity index (χ3v) is 2.50. The number of pyridine rings is 1. The molecule has 0 fully saturated rings. The van der Waals surface area contributed by atoms with E-state index in [1.165, 1.54) is 11.1 Å². The topological polar surface area (TPSA) is 44.0 Å². The predicted octanol–water partition coefficient (Wildman–Crippen LogP) is 1.21. The Kier molecular flexibility index (Phi) is 3.54. The van der Waals surface area contributed by atoms with E-state index in [1.54, 1.807) is 0 Å². The van der Waals surface area contributed by atoms with Gasteiger partial charge in [0.15, 0.2) is 0 Å². The van der Waals surface area contributed by atoms with Crippen molar-refractivity contribution in [3.63, 3.8) is 0 Å². The zero-order valence-corrected chi connectivity index (χ0v) is 9.83. The van der Waals surface area contributed by atoms with E-state index in [4.69, 9.17) is 0 Å². The Hall–Kier alpha value is -1.39. The molecule has 0 aliphatic rings. The van der Waals surface area contributed by atoms with Crippen molar-refractivity contribution in [2.45, 2.75) is 6.54 Å². The van der Waals surface area contributed by atoms with Crippen LogP contribution in [0.25, 0.3) is 11.0 Å². The normalized spacial score (nSPS) is 11.4. The van der Waals surface area contributed by atoms with Crippen LogP contribution in [0.2, 0.25) is 0 Å². The molecule has 4 heteroatoms. The van der Waals surface area contributed by atoms with Gasteiger partial charge in [-0.2, -0.15) is 0 Å². The number of hydrogen-bond donors (Lipinski definition) is 2. The first-order valence-corrected chi connectivity index (χ1v) is 5.54. The zero-order chi connectivity index (χ0) is 11.4. The number of aromatic amines is 1. The largest absolute Gasteiger partial charge is 0.342 e. The van der Waals surface area contributed by atoms with Gasteiger partial charge in [0.05, 0.1) is 0 Å². The maximum Gasteiger partial charge on any atom is 0.137 e. The van der Waals surface area contributed by atoms with E-state index in [-0.39, 0.29) is 0 Å². The minimum atomic E-state index is 0.865. The van der Waals surface area contributed by atoms with Gasteiger partial charge >= 0.3 is 0 Å². The van der Waals surface area contributed by atoms with Gasteiger partial charge in [-0.25, -0.2) is 4.98 Å². The van der Waals surface area contributed by atoms with Crippen LogP contribution in [-0.4, -0.2) is 42.1 Å². The number of likely N-dealkylation sites (N-methyl/N-ethyl adjacent to an activating group) is 1. The van der Waals surface area contributed by atoms with E-state index in [1.807, 2.05) is 12.3 Å². The van der Waals surface area contributed by atoms with Crippen LogP contribution in [0.5, 0.6) is 0 Å². The summed E-state index contributed by atoms with van der Waals surface area (Å²) < 4.78 is 0. The van der Waals surface area contributed by atoms with Crippen molar-refractivity contribution in [2.75, 3.05) is 27.2 Å². The molecule has 2 rings (SSSR count). The second-order valence-corrected chi connectivity index (χ2v) is 4.22. The van der Waals surface area contributed by atoms with Crippen LogP contribution in [0.15, 0.2) is 24.4 Å². The molecular weight excluding hydrogens is 200 g/mol. The first kappa shape index (κ1) is 11.1. The number of rotatable bonds is 5. The summed E-state index contributed by atoms with van der Waals surface area (Å²) in [4.78, 5) is 9.73. The number of nitrogens with one attached hydrogen (secondary N) is 2. The van der Waals surface area contributed by atoms with E-state index in [2.05, 4.69) is 46.4 Å². The number of hydrogen-bond acceptors (Lipinski definition) is 3. The first-order chi connectivity index (χ1) is 7.75. The third-order valence-electron chi connectivity index (χ3n) is 2.50. The third kappa shape index (κ3) is 2.81. The number of fused-ring (bicyclic) bond motifs is 1. The predicted molar refractivity (Wildman–Crippen MR) is 66.4 cm³/mol. The Morgan fingerprint density at radius 1 is 1.44 bits per heavy atom. The molecule has 0 aliphatic carbocycles. The van der Waals surface area contributed by atoms with Gasteiger partial charge in [-0.1, -0.05) is 0 Å². The smallest absolute Gasteiger partial charge is 0.137 e. The van der Waals surface area contributed by atoms with Gasteiger partial charge in [-0.05, 0) is 32.3 Å². The molecule has 0 aromatic carbocycles. The molecule has 0 saturated heterocycles. The summed E-state index contributed by atoms with van der Waals surface area (Å²) in [5.74, 6) is 0. The van der Waals surface area contributed by atoms with Crippen LogP contribution in [-0.2, 0) is 6.54 Å². The molecule has 0 unspecified atom stereocenters. The molecule has 0 atom stereocenters. The molecule has 0 radical (unpaired) electrons. The molecule has 2 N–H and O–H groups in total. The molecular formula is C12H18N4.